The van der Waals surface area contributed by atoms with Crippen LogP contribution in [0.1, 0.15) is 23.0 Å². The number of carbonyl (C=O) groups is 1. The van der Waals surface area contributed by atoms with Crippen LogP contribution in [0.4, 0.5) is 0 Å². The summed E-state index contributed by atoms with van der Waals surface area (Å²) in [6.07, 6.45) is 1.53. The third-order valence-corrected chi connectivity index (χ3v) is 2.06. The van der Waals surface area contributed by atoms with E-state index in [9.17, 15) is 4.79 Å². The number of amides is 1. The highest BCUT2D eigenvalue weighted by Crippen LogP contribution is 2.03. The van der Waals surface area contributed by atoms with Gasteiger partial charge in [0.2, 0.25) is 0 Å². The molecule has 0 atom stereocenters. The molecule has 0 aliphatic heterocycles. The van der Waals surface area contributed by atoms with Gasteiger partial charge in [-0.3, -0.25) is 4.79 Å². The minimum atomic E-state index is -0.294. The largest absolute Gasteiger partial charge is 0.384 e. The summed E-state index contributed by atoms with van der Waals surface area (Å²) in [5, 5.41) is 11.3. The number of pyridine rings is 1. The summed E-state index contributed by atoms with van der Waals surface area (Å²) in [5.74, 6) is 4.89. The first-order valence-corrected chi connectivity index (χ1v) is 5.70. The molecule has 0 unspecified atom stereocenters. The molecule has 1 aromatic heterocycles. The SMILES string of the molecule is CCOCCNC(=O)c1ncccc1C#CCO. The second-order valence-electron chi connectivity index (χ2n) is 3.31. The molecule has 0 aromatic carbocycles. The summed E-state index contributed by atoms with van der Waals surface area (Å²) in [7, 11) is 0. The van der Waals surface area contributed by atoms with E-state index in [2.05, 4.69) is 22.1 Å². The van der Waals surface area contributed by atoms with E-state index in [0.717, 1.165) is 0 Å². The predicted octanol–water partition coefficient (Wildman–Crippen LogP) is 0.192. The van der Waals surface area contributed by atoms with Gasteiger partial charge in [0.05, 0.1) is 12.2 Å². The monoisotopic (exact) mass is 248 g/mol. The second kappa shape index (κ2) is 8.23. The number of aromatic nitrogens is 1. The molecule has 5 heteroatoms. The van der Waals surface area contributed by atoms with Crippen LogP contribution >= 0.6 is 0 Å². The number of nitrogens with one attached hydrogen (secondary N) is 1. The molecule has 0 aliphatic carbocycles. The van der Waals surface area contributed by atoms with Gasteiger partial charge in [0.25, 0.3) is 5.91 Å². The van der Waals surface area contributed by atoms with Crippen LogP contribution in [0.15, 0.2) is 18.3 Å². The van der Waals surface area contributed by atoms with Gasteiger partial charge in [-0.25, -0.2) is 4.98 Å². The quantitative estimate of drug-likeness (QED) is 0.576. The minimum Gasteiger partial charge on any atom is -0.384 e. The Morgan fingerprint density at radius 1 is 1.61 bits per heavy atom. The molecular weight excluding hydrogens is 232 g/mol. The Morgan fingerprint density at radius 3 is 3.17 bits per heavy atom. The van der Waals surface area contributed by atoms with Crippen molar-refractivity contribution in [3.8, 4) is 11.8 Å². The van der Waals surface area contributed by atoms with Gasteiger partial charge in [-0.15, -0.1) is 0 Å². The number of aliphatic hydroxyl groups is 1. The summed E-state index contributed by atoms with van der Waals surface area (Å²) in [5.41, 5.74) is 0.760. The summed E-state index contributed by atoms with van der Waals surface area (Å²) in [6.45, 7) is 3.15. The highest BCUT2D eigenvalue weighted by molar-refractivity contribution is 5.94. The molecule has 5 nitrogen and oxygen atoms in total. The van der Waals surface area contributed by atoms with Crippen molar-refractivity contribution in [1.29, 1.82) is 0 Å². The van der Waals surface area contributed by atoms with E-state index >= 15 is 0 Å². The lowest BCUT2D eigenvalue weighted by atomic mass is 10.2. The fourth-order valence-corrected chi connectivity index (χ4v) is 1.29. The van der Waals surface area contributed by atoms with Crippen molar-refractivity contribution < 1.29 is 14.6 Å². The molecule has 0 saturated carbocycles. The molecule has 0 radical (unpaired) electrons. The molecule has 1 heterocycles. The van der Waals surface area contributed by atoms with Crippen molar-refractivity contribution in [3.63, 3.8) is 0 Å². The van der Waals surface area contributed by atoms with Crippen LogP contribution in [0.3, 0.4) is 0 Å². The Hall–Kier alpha value is -1.90. The fourth-order valence-electron chi connectivity index (χ4n) is 1.29. The third-order valence-electron chi connectivity index (χ3n) is 2.06. The van der Waals surface area contributed by atoms with Gasteiger partial charge in [0, 0.05) is 19.3 Å². The molecule has 1 rings (SSSR count). The van der Waals surface area contributed by atoms with E-state index in [1.54, 1.807) is 12.1 Å². The minimum absolute atomic E-state index is 0.250. The van der Waals surface area contributed by atoms with Gasteiger partial charge < -0.3 is 15.2 Å². The van der Waals surface area contributed by atoms with Gasteiger partial charge in [0.15, 0.2) is 0 Å². The van der Waals surface area contributed by atoms with Crippen LogP contribution in [0, 0.1) is 11.8 Å². The zero-order valence-corrected chi connectivity index (χ0v) is 10.3. The molecule has 0 saturated heterocycles. The normalized spacial score (nSPS) is 9.44. The molecule has 0 bridgehead atoms. The fraction of sp³-hybridized carbons (Fsp3) is 0.385. The van der Waals surface area contributed by atoms with Crippen LogP contribution in [0.5, 0.6) is 0 Å². The standard InChI is InChI=1S/C13H16N2O3/c1-2-18-10-8-15-13(17)12-11(6-4-9-16)5-3-7-14-12/h3,5,7,16H,2,8-10H2,1H3,(H,15,17). The number of carbonyl (C=O) groups excluding carboxylic acids is 1. The molecule has 18 heavy (non-hydrogen) atoms. The first-order chi connectivity index (χ1) is 8.79. The number of nitrogens with zero attached hydrogens (tertiary/aromatic N) is 1. The molecule has 96 valence electrons. The summed E-state index contributed by atoms with van der Waals surface area (Å²) >= 11 is 0. The van der Waals surface area contributed by atoms with Crippen molar-refractivity contribution in [1.82, 2.24) is 10.3 Å². The van der Waals surface area contributed by atoms with Gasteiger partial charge in [-0.05, 0) is 19.1 Å². The average Bonchev–Trinajstić information content (AvgIpc) is 2.41. The van der Waals surface area contributed by atoms with E-state index in [1.165, 1.54) is 6.20 Å². The lowest BCUT2D eigenvalue weighted by Crippen LogP contribution is -2.28. The van der Waals surface area contributed by atoms with E-state index < -0.39 is 0 Å². The Labute approximate surface area is 106 Å². The zero-order valence-electron chi connectivity index (χ0n) is 10.3. The third kappa shape index (κ3) is 4.53. The van der Waals surface area contributed by atoms with Crippen molar-refractivity contribution in [2.45, 2.75) is 6.92 Å². The maximum Gasteiger partial charge on any atom is 0.271 e. The summed E-state index contributed by atoms with van der Waals surface area (Å²) in [6, 6.07) is 3.38. The van der Waals surface area contributed by atoms with Crippen molar-refractivity contribution in [2.24, 2.45) is 0 Å². The molecule has 0 fully saturated rings. The van der Waals surface area contributed by atoms with Gasteiger partial charge in [0.1, 0.15) is 12.3 Å². The molecule has 2 N–H and O–H groups in total. The lowest BCUT2D eigenvalue weighted by Gasteiger charge is -2.05. The summed E-state index contributed by atoms with van der Waals surface area (Å²) in [4.78, 5) is 15.8. The van der Waals surface area contributed by atoms with Crippen LogP contribution in [0.25, 0.3) is 0 Å². The van der Waals surface area contributed by atoms with E-state index in [1.807, 2.05) is 6.92 Å². The van der Waals surface area contributed by atoms with Crippen LogP contribution in [0.2, 0.25) is 0 Å². The molecule has 0 spiro atoms. The summed E-state index contributed by atoms with van der Waals surface area (Å²) < 4.78 is 5.12. The van der Waals surface area contributed by atoms with E-state index in [0.29, 0.717) is 25.3 Å². The smallest absolute Gasteiger partial charge is 0.271 e. The van der Waals surface area contributed by atoms with Crippen molar-refractivity contribution in [3.05, 3.63) is 29.6 Å². The molecule has 1 aromatic rings. The van der Waals surface area contributed by atoms with E-state index in [4.69, 9.17) is 9.84 Å². The Kier molecular flexibility index (Phi) is 6.47. The number of hydrogen-bond acceptors (Lipinski definition) is 4. The predicted molar refractivity (Wildman–Crippen MR) is 67.0 cm³/mol. The Morgan fingerprint density at radius 2 is 2.44 bits per heavy atom. The Balaban J connectivity index is 2.67. The highest BCUT2D eigenvalue weighted by Gasteiger charge is 2.10. The van der Waals surface area contributed by atoms with Crippen molar-refractivity contribution in [2.75, 3.05) is 26.4 Å². The number of hydrogen-bond donors (Lipinski definition) is 2. The number of rotatable bonds is 5. The van der Waals surface area contributed by atoms with Gasteiger partial charge >= 0.3 is 0 Å². The van der Waals surface area contributed by atoms with Crippen LogP contribution in [-0.4, -0.2) is 42.4 Å². The second-order valence-corrected chi connectivity index (χ2v) is 3.31. The first kappa shape index (κ1) is 14.2. The number of aliphatic hydroxyl groups excluding tert-OH is 1. The zero-order chi connectivity index (χ0) is 13.2. The highest BCUT2D eigenvalue weighted by atomic mass is 16.5. The maximum atomic E-state index is 11.8. The van der Waals surface area contributed by atoms with Crippen molar-refractivity contribution >= 4 is 5.91 Å². The van der Waals surface area contributed by atoms with Crippen LogP contribution in [-0.2, 0) is 4.74 Å². The van der Waals surface area contributed by atoms with E-state index in [-0.39, 0.29) is 18.2 Å². The Bertz CT molecular complexity index is 449. The molecule has 0 aliphatic rings. The van der Waals surface area contributed by atoms with Crippen LogP contribution < -0.4 is 5.32 Å². The topological polar surface area (TPSA) is 71.5 Å². The van der Waals surface area contributed by atoms with Gasteiger partial charge in [-0.1, -0.05) is 11.8 Å². The first-order valence-electron chi connectivity index (χ1n) is 5.70. The number of ether oxygens (including phenoxy) is 1. The molecular formula is C13H16N2O3. The average molecular weight is 248 g/mol. The molecule has 1 amide bonds. The maximum absolute atomic E-state index is 11.8. The van der Waals surface area contributed by atoms with Gasteiger partial charge in [-0.2, -0.15) is 0 Å². The lowest BCUT2D eigenvalue weighted by molar-refractivity contribution is 0.0917.